The van der Waals surface area contributed by atoms with Gasteiger partial charge in [0.2, 0.25) is 0 Å². The summed E-state index contributed by atoms with van der Waals surface area (Å²) in [5.41, 5.74) is 0.300. The normalized spacial score (nSPS) is 40.1. The molecular weight excluding hydrogens is 196 g/mol. The smallest absolute Gasteiger partial charge is 0.0252 e. The molecular formula is C14H28N2. The molecule has 1 saturated carbocycles. The van der Waals surface area contributed by atoms with E-state index in [2.05, 4.69) is 37.9 Å². The van der Waals surface area contributed by atoms with Gasteiger partial charge in [0.05, 0.1) is 0 Å². The molecule has 2 heteroatoms. The molecule has 0 aromatic carbocycles. The third-order valence-electron chi connectivity index (χ3n) is 4.61. The van der Waals surface area contributed by atoms with Crippen LogP contribution in [0, 0.1) is 11.8 Å². The highest BCUT2D eigenvalue weighted by Crippen LogP contribution is 2.32. The Labute approximate surface area is 101 Å². The second kappa shape index (κ2) is 4.66. The van der Waals surface area contributed by atoms with E-state index in [1.165, 1.54) is 32.4 Å². The molecule has 16 heavy (non-hydrogen) atoms. The fourth-order valence-electron chi connectivity index (χ4n) is 3.31. The summed E-state index contributed by atoms with van der Waals surface area (Å²) in [5.74, 6) is 1.90. The van der Waals surface area contributed by atoms with E-state index in [4.69, 9.17) is 0 Å². The summed E-state index contributed by atoms with van der Waals surface area (Å²) in [6.45, 7) is 13.1. The van der Waals surface area contributed by atoms with Crippen LogP contribution in [0.1, 0.15) is 47.0 Å². The van der Waals surface area contributed by atoms with Crippen molar-refractivity contribution in [1.29, 1.82) is 0 Å². The predicted octanol–water partition coefficient (Wildman–Crippen LogP) is 2.49. The van der Waals surface area contributed by atoms with Crippen LogP contribution in [0.4, 0.5) is 0 Å². The highest BCUT2D eigenvalue weighted by atomic mass is 15.2. The third kappa shape index (κ3) is 2.78. The van der Waals surface area contributed by atoms with Crippen LogP contribution in [0.3, 0.4) is 0 Å². The maximum absolute atomic E-state index is 3.63. The maximum Gasteiger partial charge on any atom is 0.0252 e. The highest BCUT2D eigenvalue weighted by molar-refractivity contribution is 4.92. The molecule has 1 aliphatic heterocycles. The van der Waals surface area contributed by atoms with E-state index in [1.54, 1.807) is 0 Å². The Hall–Kier alpha value is -0.0800. The lowest BCUT2D eigenvalue weighted by Crippen LogP contribution is -2.61. The van der Waals surface area contributed by atoms with E-state index in [9.17, 15) is 0 Å². The predicted molar refractivity (Wildman–Crippen MR) is 69.6 cm³/mol. The van der Waals surface area contributed by atoms with Crippen LogP contribution < -0.4 is 5.32 Å². The molecule has 2 rings (SSSR count). The first-order valence-corrected chi connectivity index (χ1v) is 6.97. The summed E-state index contributed by atoms with van der Waals surface area (Å²) >= 11 is 0. The first-order chi connectivity index (χ1) is 7.48. The third-order valence-corrected chi connectivity index (χ3v) is 4.61. The molecule has 0 aromatic rings. The van der Waals surface area contributed by atoms with E-state index in [0.29, 0.717) is 11.6 Å². The fraction of sp³-hybridized carbons (Fsp3) is 1.00. The lowest BCUT2D eigenvalue weighted by atomic mass is 9.93. The van der Waals surface area contributed by atoms with Crippen LogP contribution in [0.15, 0.2) is 0 Å². The lowest BCUT2D eigenvalue weighted by molar-refractivity contribution is 0.0819. The van der Waals surface area contributed by atoms with E-state index in [1.807, 2.05) is 0 Å². The van der Waals surface area contributed by atoms with Crippen LogP contribution in [-0.4, -0.2) is 36.1 Å². The SMILES string of the molecule is CC1CCCC1CN1CC(C)(C)NCC1C. The topological polar surface area (TPSA) is 15.3 Å². The zero-order chi connectivity index (χ0) is 11.8. The van der Waals surface area contributed by atoms with Crippen LogP contribution >= 0.6 is 0 Å². The molecule has 0 spiro atoms. The van der Waals surface area contributed by atoms with Crippen LogP contribution in [0.25, 0.3) is 0 Å². The molecule has 94 valence electrons. The van der Waals surface area contributed by atoms with Gasteiger partial charge in [0.1, 0.15) is 0 Å². The number of hydrogen-bond acceptors (Lipinski definition) is 2. The Morgan fingerprint density at radius 2 is 2.00 bits per heavy atom. The van der Waals surface area contributed by atoms with Gasteiger partial charge in [-0.1, -0.05) is 19.8 Å². The van der Waals surface area contributed by atoms with Gasteiger partial charge >= 0.3 is 0 Å². The molecule has 1 heterocycles. The van der Waals surface area contributed by atoms with Crippen LogP contribution in [0.2, 0.25) is 0 Å². The van der Waals surface area contributed by atoms with Gasteiger partial charge < -0.3 is 5.32 Å². The highest BCUT2D eigenvalue weighted by Gasteiger charge is 2.33. The first kappa shape index (κ1) is 12.4. The maximum atomic E-state index is 3.63. The summed E-state index contributed by atoms with van der Waals surface area (Å²) in [6.07, 6.45) is 4.36. The van der Waals surface area contributed by atoms with E-state index in [0.717, 1.165) is 18.4 Å². The molecule has 2 nitrogen and oxygen atoms in total. The quantitative estimate of drug-likeness (QED) is 0.775. The average molecular weight is 224 g/mol. The summed E-state index contributed by atoms with van der Waals surface area (Å²) in [6, 6.07) is 0.709. The number of nitrogens with zero attached hydrogens (tertiary/aromatic N) is 1. The van der Waals surface area contributed by atoms with Gasteiger partial charge in [0.15, 0.2) is 0 Å². The number of piperazine rings is 1. The summed E-state index contributed by atoms with van der Waals surface area (Å²) in [7, 11) is 0. The van der Waals surface area contributed by atoms with E-state index >= 15 is 0 Å². The standard InChI is InChI=1S/C14H28N2/c1-11-6-5-7-13(11)9-16-10-14(3,4)15-8-12(16)2/h11-13,15H,5-10H2,1-4H3. The zero-order valence-corrected chi connectivity index (χ0v) is 11.4. The van der Waals surface area contributed by atoms with Crippen molar-refractivity contribution in [2.24, 2.45) is 11.8 Å². The van der Waals surface area contributed by atoms with Crippen LogP contribution in [0.5, 0.6) is 0 Å². The van der Waals surface area contributed by atoms with Gasteiger partial charge in [0.25, 0.3) is 0 Å². The van der Waals surface area contributed by atoms with Crippen molar-refractivity contribution >= 4 is 0 Å². The molecule has 3 atom stereocenters. The Morgan fingerprint density at radius 1 is 1.25 bits per heavy atom. The lowest BCUT2D eigenvalue weighted by Gasteiger charge is -2.44. The molecule has 1 aliphatic carbocycles. The van der Waals surface area contributed by atoms with Gasteiger partial charge in [-0.05, 0) is 39.0 Å². The van der Waals surface area contributed by atoms with Crippen molar-refractivity contribution in [1.82, 2.24) is 10.2 Å². The van der Waals surface area contributed by atoms with Crippen molar-refractivity contribution < 1.29 is 0 Å². The van der Waals surface area contributed by atoms with Crippen molar-refractivity contribution in [2.75, 3.05) is 19.6 Å². The minimum Gasteiger partial charge on any atom is -0.309 e. The minimum atomic E-state index is 0.300. The second-order valence-corrected chi connectivity index (χ2v) is 6.71. The Balaban J connectivity index is 1.92. The van der Waals surface area contributed by atoms with Gasteiger partial charge in [-0.15, -0.1) is 0 Å². The molecule has 0 amide bonds. The van der Waals surface area contributed by atoms with Crippen LogP contribution in [-0.2, 0) is 0 Å². The first-order valence-electron chi connectivity index (χ1n) is 6.97. The molecule has 2 fully saturated rings. The van der Waals surface area contributed by atoms with Gasteiger partial charge in [0, 0.05) is 31.2 Å². The Kier molecular flexibility index (Phi) is 3.60. The molecule has 0 aromatic heterocycles. The number of rotatable bonds is 2. The zero-order valence-electron chi connectivity index (χ0n) is 11.4. The molecule has 0 radical (unpaired) electrons. The summed E-state index contributed by atoms with van der Waals surface area (Å²) in [5, 5.41) is 3.63. The van der Waals surface area contributed by atoms with Crippen molar-refractivity contribution in [3.8, 4) is 0 Å². The molecule has 3 unspecified atom stereocenters. The van der Waals surface area contributed by atoms with Crippen molar-refractivity contribution in [3.63, 3.8) is 0 Å². The Morgan fingerprint density at radius 3 is 2.62 bits per heavy atom. The van der Waals surface area contributed by atoms with E-state index < -0.39 is 0 Å². The summed E-state index contributed by atoms with van der Waals surface area (Å²) < 4.78 is 0. The second-order valence-electron chi connectivity index (χ2n) is 6.71. The van der Waals surface area contributed by atoms with Gasteiger partial charge in [-0.3, -0.25) is 4.90 Å². The van der Waals surface area contributed by atoms with Gasteiger partial charge in [-0.25, -0.2) is 0 Å². The molecule has 2 aliphatic rings. The van der Waals surface area contributed by atoms with Gasteiger partial charge in [-0.2, -0.15) is 0 Å². The summed E-state index contributed by atoms with van der Waals surface area (Å²) in [4.78, 5) is 2.71. The fourth-order valence-corrected chi connectivity index (χ4v) is 3.31. The number of nitrogens with one attached hydrogen (secondary N) is 1. The van der Waals surface area contributed by atoms with E-state index in [-0.39, 0.29) is 0 Å². The molecule has 0 bridgehead atoms. The molecule has 1 N–H and O–H groups in total. The molecule has 1 saturated heterocycles. The van der Waals surface area contributed by atoms with Crippen molar-refractivity contribution in [3.05, 3.63) is 0 Å². The monoisotopic (exact) mass is 224 g/mol. The number of hydrogen-bond donors (Lipinski definition) is 1. The largest absolute Gasteiger partial charge is 0.309 e. The average Bonchev–Trinajstić information content (AvgIpc) is 2.58. The Bertz CT molecular complexity index is 237. The van der Waals surface area contributed by atoms with Crippen molar-refractivity contribution in [2.45, 2.75) is 58.5 Å². The minimum absolute atomic E-state index is 0.300.